The van der Waals surface area contributed by atoms with Gasteiger partial charge >= 0.3 is 5.69 Å². The summed E-state index contributed by atoms with van der Waals surface area (Å²) in [4.78, 5) is 62.5. The lowest BCUT2D eigenvalue weighted by molar-refractivity contribution is -0.123. The molecular formula is C29H30ClN7O4. The van der Waals surface area contributed by atoms with Crippen molar-refractivity contribution in [1.29, 1.82) is 0 Å². The average molecular weight is 576 g/mol. The minimum Gasteiger partial charge on any atom is -0.340 e. The maximum absolute atomic E-state index is 13.5. The first-order valence-corrected chi connectivity index (χ1v) is 13.9. The molecule has 2 aromatic carbocycles. The van der Waals surface area contributed by atoms with E-state index in [0.29, 0.717) is 66.1 Å². The van der Waals surface area contributed by atoms with E-state index in [2.05, 4.69) is 4.90 Å². The number of nitrogens with zero attached hydrogens (tertiary/aromatic N) is 7. The molecule has 0 N–H and O–H groups in total. The third kappa shape index (κ3) is 4.45. The fourth-order valence-electron chi connectivity index (χ4n) is 5.82. The van der Waals surface area contributed by atoms with E-state index in [1.54, 1.807) is 32.2 Å². The summed E-state index contributed by atoms with van der Waals surface area (Å²) in [6.07, 6.45) is 0.107. The largest absolute Gasteiger partial charge is 0.340 e. The number of imidazole rings is 1. The summed E-state index contributed by atoms with van der Waals surface area (Å²) < 4.78 is 4.37. The first-order valence-electron chi connectivity index (χ1n) is 13.5. The Bertz CT molecular complexity index is 1800. The van der Waals surface area contributed by atoms with Crippen molar-refractivity contribution < 1.29 is 9.59 Å². The summed E-state index contributed by atoms with van der Waals surface area (Å²) in [7, 11) is 3.08. The van der Waals surface area contributed by atoms with Crippen LogP contribution in [0.4, 0.5) is 11.6 Å². The van der Waals surface area contributed by atoms with Gasteiger partial charge in [-0.25, -0.2) is 9.69 Å². The number of halogens is 1. The van der Waals surface area contributed by atoms with Crippen LogP contribution < -0.4 is 21.0 Å². The van der Waals surface area contributed by atoms with E-state index in [-0.39, 0.29) is 18.2 Å². The molecule has 0 aliphatic carbocycles. The lowest BCUT2D eigenvalue weighted by atomic mass is 10.1. The summed E-state index contributed by atoms with van der Waals surface area (Å²) in [5.41, 5.74) is 2.06. The number of piperazine rings is 1. The summed E-state index contributed by atoms with van der Waals surface area (Å²) >= 11 is 6.26. The van der Waals surface area contributed by atoms with Crippen LogP contribution in [0, 0.1) is 6.92 Å². The van der Waals surface area contributed by atoms with Crippen LogP contribution in [-0.2, 0) is 30.2 Å². The quantitative estimate of drug-likeness (QED) is 0.335. The summed E-state index contributed by atoms with van der Waals surface area (Å²) in [6.45, 7) is 4.31. The van der Waals surface area contributed by atoms with E-state index in [0.717, 1.165) is 10.1 Å². The number of hydrogen-bond acceptors (Lipinski definition) is 7. The van der Waals surface area contributed by atoms with E-state index in [1.807, 2.05) is 39.8 Å². The van der Waals surface area contributed by atoms with Gasteiger partial charge in [-0.2, -0.15) is 4.98 Å². The third-order valence-corrected chi connectivity index (χ3v) is 8.56. The molecule has 4 heterocycles. The summed E-state index contributed by atoms with van der Waals surface area (Å²) in [5.74, 6) is 0.102. The molecule has 212 valence electrons. The molecule has 2 aromatic heterocycles. The molecule has 1 atom stereocenters. The molecule has 2 fully saturated rings. The number of imide groups is 1. The first-order chi connectivity index (χ1) is 19.7. The lowest BCUT2D eigenvalue weighted by Gasteiger charge is -2.37. The van der Waals surface area contributed by atoms with Gasteiger partial charge in [0.2, 0.25) is 11.9 Å². The Labute approximate surface area is 240 Å². The molecule has 0 spiro atoms. The first kappa shape index (κ1) is 27.0. The number of rotatable bonds is 5. The Kier molecular flexibility index (Phi) is 6.79. The van der Waals surface area contributed by atoms with Crippen molar-refractivity contribution in [3.63, 3.8) is 0 Å². The molecule has 2 amide bonds. The minimum absolute atomic E-state index is 0.107. The molecule has 0 radical (unpaired) electrons. The van der Waals surface area contributed by atoms with Crippen LogP contribution in [-0.4, -0.2) is 67.6 Å². The van der Waals surface area contributed by atoms with Gasteiger partial charge in [0, 0.05) is 45.3 Å². The van der Waals surface area contributed by atoms with E-state index in [4.69, 9.17) is 16.6 Å². The monoisotopic (exact) mass is 575 g/mol. The second-order valence-corrected chi connectivity index (χ2v) is 11.0. The molecule has 12 heteroatoms. The van der Waals surface area contributed by atoms with Gasteiger partial charge in [0.05, 0.1) is 24.7 Å². The lowest BCUT2D eigenvalue weighted by Crippen LogP contribution is -2.53. The number of benzene rings is 2. The highest BCUT2D eigenvalue weighted by Gasteiger charge is 2.44. The minimum atomic E-state index is -0.556. The smallest absolute Gasteiger partial charge is 0.332 e. The molecule has 6 rings (SSSR count). The van der Waals surface area contributed by atoms with Crippen molar-refractivity contribution in [2.24, 2.45) is 14.1 Å². The Balaban J connectivity index is 1.29. The van der Waals surface area contributed by atoms with Gasteiger partial charge in [-0.3, -0.25) is 33.0 Å². The molecule has 0 bridgehead atoms. The standard InChI is InChI=1S/C29H30ClN7O4/c1-18-20(30)10-7-11-21(18)37-23(38)16-22(26(37)39)34-12-14-35(15-13-34)28-31-25-24(27(40)33(3)29(41)32(25)2)36(28)17-19-8-5-4-6-9-19/h4-11,22H,12-17H2,1-3H3. The van der Waals surface area contributed by atoms with Crippen LogP contribution in [0.5, 0.6) is 0 Å². The number of carbonyl (C=O) groups excluding carboxylic acids is 2. The highest BCUT2D eigenvalue weighted by molar-refractivity contribution is 6.32. The maximum Gasteiger partial charge on any atom is 0.332 e. The van der Waals surface area contributed by atoms with Gasteiger partial charge in [-0.05, 0) is 30.2 Å². The van der Waals surface area contributed by atoms with Crippen molar-refractivity contribution >= 4 is 46.2 Å². The molecule has 11 nitrogen and oxygen atoms in total. The van der Waals surface area contributed by atoms with Gasteiger partial charge < -0.3 is 4.90 Å². The number of aryl methyl sites for hydroxylation is 1. The van der Waals surface area contributed by atoms with E-state index >= 15 is 0 Å². The molecule has 2 aliphatic rings. The number of anilines is 2. The summed E-state index contributed by atoms with van der Waals surface area (Å²) in [6, 6.07) is 14.4. The van der Waals surface area contributed by atoms with Gasteiger partial charge in [0.15, 0.2) is 11.2 Å². The van der Waals surface area contributed by atoms with Gasteiger partial charge in [-0.1, -0.05) is 48.0 Å². The highest BCUT2D eigenvalue weighted by Crippen LogP contribution is 2.32. The van der Waals surface area contributed by atoms with E-state index in [9.17, 15) is 19.2 Å². The van der Waals surface area contributed by atoms with E-state index in [1.165, 1.54) is 16.5 Å². The Morgan fingerprint density at radius 1 is 0.902 bits per heavy atom. The van der Waals surface area contributed by atoms with Crippen LogP contribution in [0.2, 0.25) is 5.02 Å². The fourth-order valence-corrected chi connectivity index (χ4v) is 5.99. The molecular weight excluding hydrogens is 546 g/mol. The molecule has 1 unspecified atom stereocenters. The highest BCUT2D eigenvalue weighted by atomic mass is 35.5. The van der Waals surface area contributed by atoms with Crippen LogP contribution in [0.25, 0.3) is 11.2 Å². The second kappa shape index (κ2) is 10.3. The van der Waals surface area contributed by atoms with Crippen LogP contribution in [0.3, 0.4) is 0 Å². The van der Waals surface area contributed by atoms with Gasteiger partial charge in [-0.15, -0.1) is 0 Å². The topological polar surface area (TPSA) is 106 Å². The van der Waals surface area contributed by atoms with Crippen LogP contribution >= 0.6 is 11.6 Å². The number of aromatic nitrogens is 4. The van der Waals surface area contributed by atoms with Gasteiger partial charge in [0.1, 0.15) is 0 Å². The Hall–Kier alpha value is -4.22. The van der Waals surface area contributed by atoms with Crippen LogP contribution in [0.15, 0.2) is 58.1 Å². The second-order valence-electron chi connectivity index (χ2n) is 10.6. The molecule has 0 saturated carbocycles. The van der Waals surface area contributed by atoms with Crippen LogP contribution in [0.1, 0.15) is 17.5 Å². The summed E-state index contributed by atoms with van der Waals surface area (Å²) in [5, 5.41) is 0.505. The zero-order valence-electron chi connectivity index (χ0n) is 23.1. The molecule has 2 saturated heterocycles. The molecule has 4 aromatic rings. The normalized spacial score (nSPS) is 18.2. The third-order valence-electron chi connectivity index (χ3n) is 8.15. The number of carbonyl (C=O) groups is 2. The zero-order valence-corrected chi connectivity index (χ0v) is 23.8. The fraction of sp³-hybridized carbons (Fsp3) is 0.345. The predicted octanol–water partition coefficient (Wildman–Crippen LogP) is 1.90. The Morgan fingerprint density at radius 3 is 2.32 bits per heavy atom. The maximum atomic E-state index is 13.5. The number of amides is 2. The van der Waals surface area contributed by atoms with Crippen molar-refractivity contribution in [3.8, 4) is 0 Å². The number of hydrogen-bond donors (Lipinski definition) is 0. The Morgan fingerprint density at radius 2 is 1.61 bits per heavy atom. The average Bonchev–Trinajstić information content (AvgIpc) is 3.49. The molecule has 2 aliphatic heterocycles. The van der Waals surface area contributed by atoms with Crippen molar-refractivity contribution in [1.82, 2.24) is 23.6 Å². The van der Waals surface area contributed by atoms with Crippen molar-refractivity contribution in [3.05, 3.63) is 85.5 Å². The van der Waals surface area contributed by atoms with E-state index < -0.39 is 17.3 Å². The van der Waals surface area contributed by atoms with Gasteiger partial charge in [0.25, 0.3) is 11.5 Å². The zero-order chi connectivity index (χ0) is 29.0. The number of fused-ring (bicyclic) bond motifs is 1. The predicted molar refractivity (Wildman–Crippen MR) is 157 cm³/mol. The van der Waals surface area contributed by atoms with Crippen molar-refractivity contribution in [2.75, 3.05) is 36.0 Å². The SMILES string of the molecule is Cc1c(Cl)cccc1N1C(=O)CC(N2CCN(c3nc4c(c(=O)n(C)c(=O)n4C)n3Cc3ccccc3)CC2)C1=O. The molecule has 41 heavy (non-hydrogen) atoms. The van der Waals surface area contributed by atoms with Crippen molar-refractivity contribution in [2.45, 2.75) is 25.9 Å².